The Hall–Kier alpha value is -3.27. The van der Waals surface area contributed by atoms with E-state index in [0.717, 1.165) is 0 Å². The van der Waals surface area contributed by atoms with E-state index in [9.17, 15) is 9.90 Å². The highest BCUT2D eigenvalue weighted by Gasteiger charge is 2.11. The second kappa shape index (κ2) is 6.66. The molecule has 0 radical (unpaired) electrons. The minimum Gasteiger partial charge on any atom is -0.504 e. The highest BCUT2D eigenvalue weighted by molar-refractivity contribution is 5.91. The molecular formula is C19H14O4. The number of para-hydroxylation sites is 1. The summed E-state index contributed by atoms with van der Waals surface area (Å²) in [4.78, 5) is 12.0. The van der Waals surface area contributed by atoms with Crippen molar-refractivity contribution < 1.29 is 19.4 Å². The number of esters is 1. The van der Waals surface area contributed by atoms with Gasteiger partial charge in [0.1, 0.15) is 11.5 Å². The Labute approximate surface area is 133 Å². The fourth-order valence-electron chi connectivity index (χ4n) is 2.00. The van der Waals surface area contributed by atoms with Gasteiger partial charge in [-0.3, -0.25) is 0 Å². The summed E-state index contributed by atoms with van der Waals surface area (Å²) in [5.74, 6) is 0.585. The zero-order chi connectivity index (χ0) is 16.1. The fraction of sp³-hybridized carbons (Fsp3) is 0. The van der Waals surface area contributed by atoms with Crippen LogP contribution >= 0.6 is 0 Å². The molecule has 0 bridgehead atoms. The number of phenolic OH excluding ortho intramolecular Hbond substituents is 1. The van der Waals surface area contributed by atoms with Crippen LogP contribution in [0.5, 0.6) is 23.0 Å². The molecule has 3 aromatic rings. The molecule has 114 valence electrons. The van der Waals surface area contributed by atoms with E-state index in [4.69, 9.17) is 9.47 Å². The first kappa shape index (κ1) is 14.7. The number of ether oxygens (including phenoxy) is 2. The normalized spacial score (nSPS) is 10.1. The SMILES string of the molecule is O=C(Oc1ccc(O)c(Oc2ccccc2)c1)c1ccccc1. The van der Waals surface area contributed by atoms with E-state index in [-0.39, 0.29) is 11.5 Å². The van der Waals surface area contributed by atoms with Crippen molar-refractivity contribution in [3.8, 4) is 23.0 Å². The summed E-state index contributed by atoms with van der Waals surface area (Å²) < 4.78 is 10.9. The third-order valence-electron chi connectivity index (χ3n) is 3.12. The Balaban J connectivity index is 1.79. The van der Waals surface area contributed by atoms with Crippen LogP contribution in [-0.4, -0.2) is 11.1 Å². The molecule has 0 atom stereocenters. The lowest BCUT2D eigenvalue weighted by Crippen LogP contribution is -2.08. The second-order valence-corrected chi connectivity index (χ2v) is 4.80. The first-order chi connectivity index (χ1) is 11.2. The van der Waals surface area contributed by atoms with E-state index in [0.29, 0.717) is 17.1 Å². The topological polar surface area (TPSA) is 55.8 Å². The second-order valence-electron chi connectivity index (χ2n) is 4.80. The third kappa shape index (κ3) is 3.68. The van der Waals surface area contributed by atoms with Crippen molar-refractivity contribution in [1.29, 1.82) is 0 Å². The molecule has 4 heteroatoms. The predicted molar refractivity (Wildman–Crippen MR) is 86.0 cm³/mol. The van der Waals surface area contributed by atoms with Gasteiger partial charge in [-0.1, -0.05) is 36.4 Å². The van der Waals surface area contributed by atoms with Gasteiger partial charge in [-0.05, 0) is 36.4 Å². The maximum absolute atomic E-state index is 12.0. The summed E-state index contributed by atoms with van der Waals surface area (Å²) in [5, 5.41) is 9.88. The number of carbonyl (C=O) groups excluding carboxylic acids is 1. The van der Waals surface area contributed by atoms with Crippen molar-refractivity contribution in [2.24, 2.45) is 0 Å². The molecule has 1 N–H and O–H groups in total. The molecule has 0 aromatic heterocycles. The van der Waals surface area contributed by atoms with Gasteiger partial charge in [0.25, 0.3) is 0 Å². The van der Waals surface area contributed by atoms with E-state index in [2.05, 4.69) is 0 Å². The van der Waals surface area contributed by atoms with Crippen LogP contribution in [0.15, 0.2) is 78.9 Å². The quantitative estimate of drug-likeness (QED) is 0.573. The summed E-state index contributed by atoms with van der Waals surface area (Å²) in [6, 6.07) is 22.1. The van der Waals surface area contributed by atoms with Crippen molar-refractivity contribution in [3.05, 3.63) is 84.4 Å². The van der Waals surface area contributed by atoms with Crippen molar-refractivity contribution in [2.75, 3.05) is 0 Å². The number of benzene rings is 3. The van der Waals surface area contributed by atoms with Crippen molar-refractivity contribution in [3.63, 3.8) is 0 Å². The summed E-state index contributed by atoms with van der Waals surface area (Å²) >= 11 is 0. The van der Waals surface area contributed by atoms with E-state index in [1.807, 2.05) is 24.3 Å². The van der Waals surface area contributed by atoms with Crippen LogP contribution in [-0.2, 0) is 0 Å². The summed E-state index contributed by atoms with van der Waals surface area (Å²) in [6.45, 7) is 0. The zero-order valence-electron chi connectivity index (χ0n) is 12.2. The largest absolute Gasteiger partial charge is 0.504 e. The summed E-state index contributed by atoms with van der Waals surface area (Å²) in [5.41, 5.74) is 0.450. The number of hydrogen-bond donors (Lipinski definition) is 1. The molecule has 0 aliphatic carbocycles. The predicted octanol–water partition coefficient (Wildman–Crippen LogP) is 4.40. The van der Waals surface area contributed by atoms with Crippen molar-refractivity contribution >= 4 is 5.97 Å². The molecule has 0 unspecified atom stereocenters. The number of rotatable bonds is 4. The maximum atomic E-state index is 12.0. The lowest BCUT2D eigenvalue weighted by molar-refractivity contribution is 0.0734. The van der Waals surface area contributed by atoms with Crippen LogP contribution in [0.2, 0.25) is 0 Å². The Morgan fingerprint density at radius 2 is 1.43 bits per heavy atom. The summed E-state index contributed by atoms with van der Waals surface area (Å²) in [7, 11) is 0. The van der Waals surface area contributed by atoms with Crippen molar-refractivity contribution in [2.45, 2.75) is 0 Å². The van der Waals surface area contributed by atoms with Crippen LogP contribution in [0.3, 0.4) is 0 Å². The van der Waals surface area contributed by atoms with Gasteiger partial charge in [-0.15, -0.1) is 0 Å². The molecular weight excluding hydrogens is 292 g/mol. The summed E-state index contributed by atoms with van der Waals surface area (Å²) in [6.07, 6.45) is 0. The molecule has 23 heavy (non-hydrogen) atoms. The molecule has 0 amide bonds. The number of aromatic hydroxyl groups is 1. The van der Waals surface area contributed by atoms with Gasteiger partial charge in [-0.2, -0.15) is 0 Å². The monoisotopic (exact) mass is 306 g/mol. The van der Waals surface area contributed by atoms with Crippen molar-refractivity contribution in [1.82, 2.24) is 0 Å². The standard InChI is InChI=1S/C19H14O4/c20-17-12-11-16(23-19(21)14-7-3-1-4-8-14)13-18(17)22-15-9-5-2-6-10-15/h1-13,20H. The third-order valence-corrected chi connectivity index (χ3v) is 3.12. The molecule has 0 spiro atoms. The Morgan fingerprint density at radius 3 is 2.13 bits per heavy atom. The van der Waals surface area contributed by atoms with Gasteiger partial charge in [-0.25, -0.2) is 4.79 Å². The lowest BCUT2D eigenvalue weighted by atomic mass is 10.2. The van der Waals surface area contributed by atoms with E-state index in [1.165, 1.54) is 18.2 Å². The van der Waals surface area contributed by atoms with Gasteiger partial charge < -0.3 is 14.6 Å². The van der Waals surface area contributed by atoms with Gasteiger partial charge in [0.2, 0.25) is 0 Å². The van der Waals surface area contributed by atoms with E-state index < -0.39 is 5.97 Å². The molecule has 0 aliphatic rings. The highest BCUT2D eigenvalue weighted by Crippen LogP contribution is 2.34. The highest BCUT2D eigenvalue weighted by atomic mass is 16.5. The average molecular weight is 306 g/mol. The molecule has 0 saturated carbocycles. The Morgan fingerprint density at radius 1 is 0.783 bits per heavy atom. The maximum Gasteiger partial charge on any atom is 0.343 e. The van der Waals surface area contributed by atoms with Gasteiger partial charge >= 0.3 is 5.97 Å². The smallest absolute Gasteiger partial charge is 0.343 e. The minimum atomic E-state index is -0.470. The zero-order valence-corrected chi connectivity index (χ0v) is 12.2. The minimum absolute atomic E-state index is 0.0339. The average Bonchev–Trinajstić information content (AvgIpc) is 2.59. The van der Waals surface area contributed by atoms with Gasteiger partial charge in [0.05, 0.1) is 5.56 Å². The van der Waals surface area contributed by atoms with E-state index in [1.54, 1.807) is 36.4 Å². The van der Waals surface area contributed by atoms with Crippen LogP contribution in [0.4, 0.5) is 0 Å². The molecule has 0 heterocycles. The Kier molecular flexibility index (Phi) is 4.25. The first-order valence-corrected chi connectivity index (χ1v) is 7.05. The van der Waals surface area contributed by atoms with Gasteiger partial charge in [0, 0.05) is 6.07 Å². The number of phenols is 1. The van der Waals surface area contributed by atoms with Gasteiger partial charge in [0.15, 0.2) is 11.5 Å². The van der Waals surface area contributed by atoms with Crippen LogP contribution in [0.1, 0.15) is 10.4 Å². The molecule has 0 aliphatic heterocycles. The van der Waals surface area contributed by atoms with Crippen LogP contribution in [0, 0.1) is 0 Å². The number of carbonyl (C=O) groups is 1. The molecule has 3 aromatic carbocycles. The van der Waals surface area contributed by atoms with Crippen LogP contribution < -0.4 is 9.47 Å². The number of hydrogen-bond acceptors (Lipinski definition) is 4. The Bertz CT molecular complexity index is 798. The fourth-order valence-corrected chi connectivity index (χ4v) is 2.00. The first-order valence-electron chi connectivity index (χ1n) is 7.05. The van der Waals surface area contributed by atoms with E-state index >= 15 is 0 Å². The molecule has 3 rings (SSSR count). The molecule has 0 fully saturated rings. The molecule has 0 saturated heterocycles. The molecule has 4 nitrogen and oxygen atoms in total. The lowest BCUT2D eigenvalue weighted by Gasteiger charge is -2.10. The van der Waals surface area contributed by atoms with Crippen LogP contribution in [0.25, 0.3) is 0 Å².